The van der Waals surface area contributed by atoms with E-state index in [0.29, 0.717) is 31.2 Å². The van der Waals surface area contributed by atoms with Crippen molar-refractivity contribution in [1.29, 1.82) is 0 Å². The van der Waals surface area contributed by atoms with E-state index in [0.717, 1.165) is 6.42 Å². The number of benzene rings is 2. The maximum atomic E-state index is 12.7. The number of carbonyl (C=O) groups excluding carboxylic acids is 1. The van der Waals surface area contributed by atoms with Crippen LogP contribution in [0.25, 0.3) is 0 Å². The first kappa shape index (κ1) is 21.1. The normalized spacial score (nSPS) is 15.1. The number of piperazine rings is 1. The van der Waals surface area contributed by atoms with E-state index in [4.69, 9.17) is 9.47 Å². The molecule has 1 heterocycles. The second-order valence-corrected chi connectivity index (χ2v) is 8.62. The van der Waals surface area contributed by atoms with E-state index < -0.39 is 10.0 Å². The van der Waals surface area contributed by atoms with Gasteiger partial charge in [-0.25, -0.2) is 8.42 Å². The van der Waals surface area contributed by atoms with E-state index >= 15 is 0 Å². The van der Waals surface area contributed by atoms with E-state index in [1.165, 1.54) is 4.31 Å². The van der Waals surface area contributed by atoms with Crippen molar-refractivity contribution in [3.63, 3.8) is 0 Å². The Labute approximate surface area is 171 Å². The van der Waals surface area contributed by atoms with E-state index in [1.807, 2.05) is 25.1 Å². The molecule has 2 aromatic rings. The van der Waals surface area contributed by atoms with Gasteiger partial charge in [0.15, 0.2) is 18.1 Å². The fourth-order valence-corrected chi connectivity index (χ4v) is 4.49. The molecule has 1 saturated heterocycles. The maximum absolute atomic E-state index is 12.7. The van der Waals surface area contributed by atoms with Crippen LogP contribution in [-0.4, -0.2) is 62.9 Å². The number of rotatable bonds is 8. The van der Waals surface area contributed by atoms with Crippen LogP contribution in [0, 0.1) is 0 Å². The number of amides is 1. The van der Waals surface area contributed by atoms with Crippen LogP contribution in [0.3, 0.4) is 0 Å². The highest BCUT2D eigenvalue weighted by Gasteiger charge is 2.30. The van der Waals surface area contributed by atoms with Crippen molar-refractivity contribution >= 4 is 15.9 Å². The standard InChI is InChI=1S/C21H26N2O5S/c1-2-16-27-19-10-6-7-11-20(19)28-17-21(24)22-12-14-23(15-13-22)29(25,26)18-8-4-3-5-9-18/h3-11H,2,12-17H2,1H3. The molecule has 2 aromatic carbocycles. The van der Waals surface area contributed by atoms with Crippen molar-refractivity contribution in [2.45, 2.75) is 18.2 Å². The van der Waals surface area contributed by atoms with E-state index in [1.54, 1.807) is 41.3 Å². The fraction of sp³-hybridized carbons (Fsp3) is 0.381. The van der Waals surface area contributed by atoms with Crippen molar-refractivity contribution in [3.05, 3.63) is 54.6 Å². The van der Waals surface area contributed by atoms with Gasteiger partial charge >= 0.3 is 0 Å². The summed E-state index contributed by atoms with van der Waals surface area (Å²) in [5, 5.41) is 0. The van der Waals surface area contributed by atoms with Gasteiger partial charge in [-0.15, -0.1) is 0 Å². The molecule has 156 valence electrons. The smallest absolute Gasteiger partial charge is 0.260 e. The average Bonchev–Trinajstić information content (AvgIpc) is 2.77. The molecule has 7 nitrogen and oxygen atoms in total. The molecule has 8 heteroatoms. The minimum Gasteiger partial charge on any atom is -0.490 e. The van der Waals surface area contributed by atoms with Gasteiger partial charge in [-0.3, -0.25) is 4.79 Å². The lowest BCUT2D eigenvalue weighted by molar-refractivity contribution is -0.134. The summed E-state index contributed by atoms with van der Waals surface area (Å²) in [5.74, 6) is 0.965. The molecule has 0 atom stereocenters. The maximum Gasteiger partial charge on any atom is 0.260 e. The van der Waals surface area contributed by atoms with Crippen LogP contribution in [0.1, 0.15) is 13.3 Å². The Morgan fingerprint density at radius 3 is 2.10 bits per heavy atom. The van der Waals surface area contributed by atoms with Gasteiger partial charge in [-0.1, -0.05) is 37.3 Å². The summed E-state index contributed by atoms with van der Waals surface area (Å²) in [4.78, 5) is 14.4. The molecular formula is C21H26N2O5S. The molecule has 0 spiro atoms. The number of carbonyl (C=O) groups is 1. The van der Waals surface area contributed by atoms with Crippen LogP contribution < -0.4 is 9.47 Å². The third kappa shape index (κ3) is 5.27. The van der Waals surface area contributed by atoms with Crippen molar-refractivity contribution < 1.29 is 22.7 Å². The largest absolute Gasteiger partial charge is 0.490 e. The van der Waals surface area contributed by atoms with Crippen molar-refractivity contribution in [1.82, 2.24) is 9.21 Å². The Bertz CT molecular complexity index is 910. The summed E-state index contributed by atoms with van der Waals surface area (Å²) in [6, 6.07) is 15.6. The first-order valence-corrected chi connectivity index (χ1v) is 11.1. The molecule has 0 aliphatic carbocycles. The predicted octanol–water partition coefficient (Wildman–Crippen LogP) is 2.39. The Morgan fingerprint density at radius 1 is 0.897 bits per heavy atom. The zero-order valence-electron chi connectivity index (χ0n) is 16.5. The van der Waals surface area contributed by atoms with E-state index in [9.17, 15) is 13.2 Å². The summed E-state index contributed by atoms with van der Waals surface area (Å²) < 4.78 is 38.1. The highest BCUT2D eigenvalue weighted by molar-refractivity contribution is 7.89. The number of hydrogen-bond donors (Lipinski definition) is 0. The van der Waals surface area contributed by atoms with Crippen molar-refractivity contribution in [3.8, 4) is 11.5 Å². The molecule has 0 unspecified atom stereocenters. The number of nitrogens with zero attached hydrogens (tertiary/aromatic N) is 2. The van der Waals surface area contributed by atoms with Crippen molar-refractivity contribution in [2.75, 3.05) is 39.4 Å². The van der Waals surface area contributed by atoms with Gasteiger partial charge < -0.3 is 14.4 Å². The van der Waals surface area contributed by atoms with Crippen LogP contribution in [0.5, 0.6) is 11.5 Å². The first-order chi connectivity index (χ1) is 14.0. The molecule has 29 heavy (non-hydrogen) atoms. The molecule has 1 amide bonds. The fourth-order valence-electron chi connectivity index (χ4n) is 3.05. The van der Waals surface area contributed by atoms with Gasteiger partial charge in [0.1, 0.15) is 0 Å². The van der Waals surface area contributed by atoms with E-state index in [-0.39, 0.29) is 30.5 Å². The second kappa shape index (κ2) is 9.76. The van der Waals surface area contributed by atoms with Crippen molar-refractivity contribution in [2.24, 2.45) is 0 Å². The Morgan fingerprint density at radius 2 is 1.48 bits per heavy atom. The third-order valence-electron chi connectivity index (χ3n) is 4.63. The van der Waals surface area contributed by atoms with Crippen LogP contribution >= 0.6 is 0 Å². The summed E-state index contributed by atoms with van der Waals surface area (Å²) in [6.07, 6.45) is 0.878. The lowest BCUT2D eigenvalue weighted by atomic mass is 10.3. The van der Waals surface area contributed by atoms with E-state index in [2.05, 4.69) is 0 Å². The molecule has 1 aliphatic heterocycles. The molecule has 1 fully saturated rings. The van der Waals surface area contributed by atoms with Gasteiger partial charge in [-0.2, -0.15) is 4.31 Å². The van der Waals surface area contributed by atoms with Crippen LogP contribution in [0.15, 0.2) is 59.5 Å². The molecular weight excluding hydrogens is 392 g/mol. The molecule has 0 aromatic heterocycles. The zero-order valence-corrected chi connectivity index (χ0v) is 17.3. The molecule has 0 saturated carbocycles. The Hall–Kier alpha value is -2.58. The summed E-state index contributed by atoms with van der Waals surface area (Å²) >= 11 is 0. The Balaban J connectivity index is 1.53. The topological polar surface area (TPSA) is 76.2 Å². The second-order valence-electron chi connectivity index (χ2n) is 6.68. The monoisotopic (exact) mass is 418 g/mol. The highest BCUT2D eigenvalue weighted by atomic mass is 32.2. The minimum atomic E-state index is -3.53. The zero-order chi connectivity index (χ0) is 20.7. The summed E-state index contributed by atoms with van der Waals surface area (Å²) in [5.41, 5.74) is 0. The quantitative estimate of drug-likeness (QED) is 0.658. The SMILES string of the molecule is CCCOc1ccccc1OCC(=O)N1CCN(S(=O)(=O)c2ccccc2)CC1. The molecule has 1 aliphatic rings. The third-order valence-corrected chi connectivity index (χ3v) is 6.55. The predicted molar refractivity (Wildman–Crippen MR) is 110 cm³/mol. The number of sulfonamides is 1. The first-order valence-electron chi connectivity index (χ1n) is 9.70. The summed E-state index contributed by atoms with van der Waals surface area (Å²) in [6.45, 7) is 3.68. The van der Waals surface area contributed by atoms with Crippen LogP contribution in [0.2, 0.25) is 0 Å². The average molecular weight is 419 g/mol. The minimum absolute atomic E-state index is 0.113. The highest BCUT2D eigenvalue weighted by Crippen LogP contribution is 2.26. The van der Waals surface area contributed by atoms with Gasteiger partial charge in [0.2, 0.25) is 10.0 Å². The number of para-hydroxylation sites is 2. The van der Waals surface area contributed by atoms with Crippen LogP contribution in [-0.2, 0) is 14.8 Å². The number of ether oxygens (including phenoxy) is 2. The van der Waals surface area contributed by atoms with Crippen LogP contribution in [0.4, 0.5) is 0 Å². The Kier molecular flexibility index (Phi) is 7.11. The summed E-state index contributed by atoms with van der Waals surface area (Å²) in [7, 11) is -3.53. The lowest BCUT2D eigenvalue weighted by Gasteiger charge is -2.34. The van der Waals surface area contributed by atoms with Gasteiger partial charge in [0.25, 0.3) is 5.91 Å². The number of hydrogen-bond acceptors (Lipinski definition) is 5. The molecule has 0 N–H and O–H groups in total. The molecule has 3 rings (SSSR count). The molecule has 0 radical (unpaired) electrons. The van der Waals surface area contributed by atoms with Gasteiger partial charge in [0, 0.05) is 26.2 Å². The van der Waals surface area contributed by atoms with Gasteiger partial charge in [0.05, 0.1) is 11.5 Å². The van der Waals surface area contributed by atoms with Gasteiger partial charge in [-0.05, 0) is 30.7 Å². The molecule has 0 bridgehead atoms. The lowest BCUT2D eigenvalue weighted by Crippen LogP contribution is -2.51.